The maximum absolute atomic E-state index is 3.74. The summed E-state index contributed by atoms with van der Waals surface area (Å²) in [4.78, 5) is 0. The van der Waals surface area contributed by atoms with Crippen LogP contribution in [0.1, 0.15) is 48.8 Å². The molecular formula is C15H23N. The predicted octanol–water partition coefficient (Wildman–Crippen LogP) is 4.36. The summed E-state index contributed by atoms with van der Waals surface area (Å²) < 4.78 is 0. The van der Waals surface area contributed by atoms with Gasteiger partial charge in [0.25, 0.3) is 0 Å². The lowest BCUT2D eigenvalue weighted by atomic mass is 9.94. The van der Waals surface area contributed by atoms with Gasteiger partial charge in [0.15, 0.2) is 0 Å². The maximum atomic E-state index is 3.74. The first-order chi connectivity index (χ1) is 7.66. The Labute approximate surface area is 99.3 Å². The highest BCUT2D eigenvalue weighted by atomic mass is 14.9. The summed E-state index contributed by atoms with van der Waals surface area (Å²) >= 11 is 0. The Bertz CT molecular complexity index is 339. The van der Waals surface area contributed by atoms with Crippen molar-refractivity contribution in [2.75, 3.05) is 5.32 Å². The zero-order valence-corrected chi connectivity index (χ0v) is 10.8. The summed E-state index contributed by atoms with van der Waals surface area (Å²) in [6, 6.07) is 5.25. The number of nitrogens with one attached hydrogen (secondary N) is 1. The fraction of sp³-hybridized carbons (Fsp3) is 0.600. The molecule has 1 aliphatic rings. The van der Waals surface area contributed by atoms with Crippen molar-refractivity contribution >= 4 is 5.69 Å². The molecule has 0 atom stereocenters. The van der Waals surface area contributed by atoms with Crippen molar-refractivity contribution in [1.29, 1.82) is 0 Å². The second-order valence-electron chi connectivity index (χ2n) is 5.25. The Balaban J connectivity index is 2.14. The van der Waals surface area contributed by atoms with E-state index in [-0.39, 0.29) is 0 Å². The maximum Gasteiger partial charge on any atom is 0.0401 e. The van der Waals surface area contributed by atoms with Crippen molar-refractivity contribution < 1.29 is 0 Å². The molecule has 2 rings (SSSR count). The van der Waals surface area contributed by atoms with Gasteiger partial charge in [-0.3, -0.25) is 0 Å². The predicted molar refractivity (Wildman–Crippen MR) is 71.1 cm³/mol. The molecule has 0 unspecified atom stereocenters. The fourth-order valence-electron chi connectivity index (χ4n) is 2.86. The third-order valence-corrected chi connectivity index (χ3v) is 3.63. The minimum Gasteiger partial charge on any atom is -0.382 e. The van der Waals surface area contributed by atoms with Crippen LogP contribution in [0.3, 0.4) is 0 Å². The van der Waals surface area contributed by atoms with Gasteiger partial charge in [-0.25, -0.2) is 0 Å². The smallest absolute Gasteiger partial charge is 0.0401 e. The van der Waals surface area contributed by atoms with Crippen molar-refractivity contribution in [2.24, 2.45) is 0 Å². The van der Waals surface area contributed by atoms with Gasteiger partial charge in [-0.2, -0.15) is 0 Å². The van der Waals surface area contributed by atoms with Gasteiger partial charge in [-0.05, 0) is 44.7 Å². The van der Waals surface area contributed by atoms with E-state index >= 15 is 0 Å². The molecule has 1 aliphatic carbocycles. The van der Waals surface area contributed by atoms with Crippen LogP contribution in [0.2, 0.25) is 0 Å². The average Bonchev–Trinajstić information content (AvgIpc) is 2.25. The summed E-state index contributed by atoms with van der Waals surface area (Å²) in [5.74, 6) is 0. The SMILES string of the molecule is Cc1cc(C)c(NC2CCCCC2)c(C)c1. The normalized spacial score (nSPS) is 17.4. The topological polar surface area (TPSA) is 12.0 Å². The standard InChI is InChI=1S/C15H23N/c1-11-9-12(2)15(13(3)10-11)16-14-7-5-4-6-8-14/h9-10,14,16H,4-8H2,1-3H3. The molecule has 0 aliphatic heterocycles. The summed E-state index contributed by atoms with van der Waals surface area (Å²) in [5, 5.41) is 3.74. The molecule has 0 saturated heterocycles. The highest BCUT2D eigenvalue weighted by Gasteiger charge is 2.14. The lowest BCUT2D eigenvalue weighted by Crippen LogP contribution is -2.23. The van der Waals surface area contributed by atoms with Crippen molar-refractivity contribution in [3.05, 3.63) is 28.8 Å². The van der Waals surface area contributed by atoms with Crippen LogP contribution in [-0.4, -0.2) is 6.04 Å². The minimum absolute atomic E-state index is 0.703. The zero-order valence-electron chi connectivity index (χ0n) is 10.8. The number of hydrogen-bond acceptors (Lipinski definition) is 1. The molecule has 16 heavy (non-hydrogen) atoms. The quantitative estimate of drug-likeness (QED) is 0.776. The van der Waals surface area contributed by atoms with Crippen LogP contribution in [0.4, 0.5) is 5.69 Å². The Kier molecular flexibility index (Phi) is 3.52. The average molecular weight is 217 g/mol. The first-order valence-electron chi connectivity index (χ1n) is 6.51. The number of hydrogen-bond donors (Lipinski definition) is 1. The fourth-order valence-corrected chi connectivity index (χ4v) is 2.86. The van der Waals surface area contributed by atoms with Crippen molar-refractivity contribution in [3.63, 3.8) is 0 Å². The molecule has 1 heteroatoms. The number of rotatable bonds is 2. The second-order valence-corrected chi connectivity index (χ2v) is 5.25. The first-order valence-corrected chi connectivity index (χ1v) is 6.51. The molecule has 0 radical (unpaired) electrons. The van der Waals surface area contributed by atoms with E-state index in [2.05, 4.69) is 38.2 Å². The molecule has 0 heterocycles. The van der Waals surface area contributed by atoms with E-state index < -0.39 is 0 Å². The molecular weight excluding hydrogens is 194 g/mol. The van der Waals surface area contributed by atoms with Crippen LogP contribution in [0.25, 0.3) is 0 Å². The lowest BCUT2D eigenvalue weighted by Gasteiger charge is -2.26. The van der Waals surface area contributed by atoms with Gasteiger partial charge in [-0.1, -0.05) is 37.0 Å². The zero-order chi connectivity index (χ0) is 11.5. The van der Waals surface area contributed by atoms with E-state index in [1.54, 1.807) is 0 Å². The molecule has 1 aromatic rings. The van der Waals surface area contributed by atoms with E-state index in [1.807, 2.05) is 0 Å². The first kappa shape index (κ1) is 11.5. The Hall–Kier alpha value is -0.980. The number of aryl methyl sites for hydroxylation is 3. The third kappa shape index (κ3) is 2.58. The van der Waals surface area contributed by atoms with Crippen molar-refractivity contribution in [3.8, 4) is 0 Å². The van der Waals surface area contributed by atoms with Crippen LogP contribution in [-0.2, 0) is 0 Å². The molecule has 1 saturated carbocycles. The summed E-state index contributed by atoms with van der Waals surface area (Å²) in [5.41, 5.74) is 5.52. The Morgan fingerprint density at radius 2 is 1.50 bits per heavy atom. The molecule has 0 spiro atoms. The summed E-state index contributed by atoms with van der Waals surface area (Å²) in [7, 11) is 0. The van der Waals surface area contributed by atoms with Gasteiger partial charge in [0.05, 0.1) is 0 Å². The van der Waals surface area contributed by atoms with Gasteiger partial charge in [0.2, 0.25) is 0 Å². The molecule has 0 aromatic heterocycles. The monoisotopic (exact) mass is 217 g/mol. The van der Waals surface area contributed by atoms with Gasteiger partial charge in [0, 0.05) is 11.7 Å². The summed E-state index contributed by atoms with van der Waals surface area (Å²) in [6.45, 7) is 6.60. The molecule has 0 bridgehead atoms. The lowest BCUT2D eigenvalue weighted by molar-refractivity contribution is 0.462. The minimum atomic E-state index is 0.703. The van der Waals surface area contributed by atoms with Crippen molar-refractivity contribution in [1.82, 2.24) is 0 Å². The molecule has 1 aromatic carbocycles. The second kappa shape index (κ2) is 4.90. The van der Waals surface area contributed by atoms with Gasteiger partial charge >= 0.3 is 0 Å². The van der Waals surface area contributed by atoms with Crippen molar-refractivity contribution in [2.45, 2.75) is 58.9 Å². The highest BCUT2D eigenvalue weighted by Crippen LogP contribution is 2.26. The van der Waals surface area contributed by atoms with E-state index in [1.165, 1.54) is 54.5 Å². The Morgan fingerprint density at radius 3 is 2.06 bits per heavy atom. The van der Waals surface area contributed by atoms with Crippen LogP contribution in [0, 0.1) is 20.8 Å². The molecule has 0 amide bonds. The van der Waals surface area contributed by atoms with E-state index in [9.17, 15) is 0 Å². The highest BCUT2D eigenvalue weighted by molar-refractivity contribution is 5.58. The number of anilines is 1. The van der Waals surface area contributed by atoms with Crippen LogP contribution in [0.15, 0.2) is 12.1 Å². The van der Waals surface area contributed by atoms with E-state index in [4.69, 9.17) is 0 Å². The molecule has 88 valence electrons. The van der Waals surface area contributed by atoms with Crippen LogP contribution >= 0.6 is 0 Å². The number of benzene rings is 1. The third-order valence-electron chi connectivity index (χ3n) is 3.63. The molecule has 1 nitrogen and oxygen atoms in total. The summed E-state index contributed by atoms with van der Waals surface area (Å²) in [6.07, 6.45) is 6.88. The van der Waals surface area contributed by atoms with E-state index in [0.717, 1.165) is 0 Å². The van der Waals surface area contributed by atoms with Gasteiger partial charge in [-0.15, -0.1) is 0 Å². The van der Waals surface area contributed by atoms with Crippen LogP contribution in [0.5, 0.6) is 0 Å². The largest absolute Gasteiger partial charge is 0.382 e. The molecule has 1 N–H and O–H groups in total. The van der Waals surface area contributed by atoms with Gasteiger partial charge in [0.1, 0.15) is 0 Å². The van der Waals surface area contributed by atoms with E-state index in [0.29, 0.717) is 6.04 Å². The van der Waals surface area contributed by atoms with Gasteiger partial charge < -0.3 is 5.32 Å². The Morgan fingerprint density at radius 1 is 0.938 bits per heavy atom. The molecule has 1 fully saturated rings. The van der Waals surface area contributed by atoms with Crippen LogP contribution < -0.4 is 5.32 Å².